The third-order valence-corrected chi connectivity index (χ3v) is 4.48. The number of rotatable bonds is 4. The number of thiazole rings is 1. The molecular formula is C15H14BrN7S. The zero-order valence-electron chi connectivity index (χ0n) is 12.7. The van der Waals surface area contributed by atoms with Gasteiger partial charge in [0.15, 0.2) is 5.69 Å². The molecule has 0 aliphatic heterocycles. The van der Waals surface area contributed by atoms with Crippen LogP contribution in [-0.2, 0) is 7.05 Å². The van der Waals surface area contributed by atoms with Crippen LogP contribution in [0.5, 0.6) is 0 Å². The van der Waals surface area contributed by atoms with Gasteiger partial charge < -0.3 is 17.0 Å². The van der Waals surface area contributed by atoms with Crippen LogP contribution in [0.1, 0.15) is 5.56 Å². The van der Waals surface area contributed by atoms with Crippen molar-refractivity contribution in [1.29, 1.82) is 0 Å². The first-order valence-electron chi connectivity index (χ1n) is 7.00. The molecule has 24 heavy (non-hydrogen) atoms. The predicted molar refractivity (Wildman–Crippen MR) is 89.5 cm³/mol. The Hall–Kier alpha value is -2.52. The topological polar surface area (TPSA) is 75.0 Å². The van der Waals surface area contributed by atoms with E-state index < -0.39 is 0 Å². The van der Waals surface area contributed by atoms with E-state index >= 15 is 0 Å². The van der Waals surface area contributed by atoms with Gasteiger partial charge in [0, 0.05) is 10.9 Å². The van der Waals surface area contributed by atoms with Gasteiger partial charge >= 0.3 is 4.96 Å². The molecule has 7 nitrogen and oxygen atoms in total. The van der Waals surface area contributed by atoms with E-state index in [-0.39, 0.29) is 17.0 Å². The predicted octanol–water partition coefficient (Wildman–Crippen LogP) is -0.940. The lowest BCUT2D eigenvalue weighted by atomic mass is 10.1. The number of hydrogen-bond donors (Lipinski definition) is 2. The summed E-state index contributed by atoms with van der Waals surface area (Å²) in [5, 5.41) is 12.6. The van der Waals surface area contributed by atoms with E-state index in [1.54, 1.807) is 17.6 Å². The maximum atomic E-state index is 4.11. The van der Waals surface area contributed by atoms with Crippen molar-refractivity contribution in [2.75, 3.05) is 5.43 Å². The molecule has 4 aromatic rings. The summed E-state index contributed by atoms with van der Waals surface area (Å²) in [6.07, 6.45) is 7.38. The minimum absolute atomic E-state index is 0. The fourth-order valence-electron chi connectivity index (χ4n) is 2.39. The second-order valence-electron chi connectivity index (χ2n) is 4.99. The number of aryl methyl sites for hydroxylation is 1. The molecule has 2 N–H and O–H groups in total. The van der Waals surface area contributed by atoms with Gasteiger partial charge in [0.05, 0.1) is 13.3 Å². The van der Waals surface area contributed by atoms with Crippen molar-refractivity contribution in [3.05, 3.63) is 53.9 Å². The van der Waals surface area contributed by atoms with Crippen LogP contribution in [0, 0.1) is 0 Å². The number of nitrogens with one attached hydrogen (secondary N) is 2. The van der Waals surface area contributed by atoms with Crippen LogP contribution in [0.2, 0.25) is 0 Å². The second kappa shape index (κ2) is 6.93. The second-order valence-corrected chi connectivity index (χ2v) is 5.87. The van der Waals surface area contributed by atoms with Crippen molar-refractivity contribution < 1.29 is 21.4 Å². The molecule has 0 fully saturated rings. The molecule has 1 aromatic carbocycles. The average molecular weight is 404 g/mol. The largest absolute Gasteiger partial charge is 1.00 e. The van der Waals surface area contributed by atoms with E-state index in [9.17, 15) is 0 Å². The fraction of sp³-hybridized carbons (Fsp3) is 0.0667. The number of halogens is 1. The number of nitrogens with zero attached hydrogens (tertiary/aromatic N) is 5. The van der Waals surface area contributed by atoms with E-state index in [4.69, 9.17) is 0 Å². The Morgan fingerprint density at radius 2 is 2.17 bits per heavy atom. The zero-order chi connectivity index (χ0) is 15.6. The molecule has 0 bridgehead atoms. The van der Waals surface area contributed by atoms with Crippen molar-refractivity contribution in [3.8, 4) is 11.3 Å². The average Bonchev–Trinajstić information content (AvgIpc) is 3.28. The van der Waals surface area contributed by atoms with E-state index in [2.05, 4.69) is 71.6 Å². The van der Waals surface area contributed by atoms with Crippen molar-refractivity contribution in [2.45, 2.75) is 0 Å². The van der Waals surface area contributed by atoms with Gasteiger partial charge in [-0.2, -0.15) is 19.6 Å². The zero-order valence-corrected chi connectivity index (χ0v) is 15.1. The first kappa shape index (κ1) is 16.3. The van der Waals surface area contributed by atoms with Crippen molar-refractivity contribution >= 4 is 28.5 Å². The summed E-state index contributed by atoms with van der Waals surface area (Å²) in [4.78, 5) is 5.14. The summed E-state index contributed by atoms with van der Waals surface area (Å²) in [6, 6.07) is 8.25. The fourth-order valence-corrected chi connectivity index (χ4v) is 3.19. The molecule has 0 atom stereocenters. The lowest BCUT2D eigenvalue weighted by molar-refractivity contribution is -0.505. The summed E-state index contributed by atoms with van der Waals surface area (Å²) < 4.78 is 4.33. The van der Waals surface area contributed by atoms with Gasteiger partial charge in [-0.25, -0.2) is 15.1 Å². The number of anilines is 1. The van der Waals surface area contributed by atoms with Gasteiger partial charge in [0.2, 0.25) is 5.95 Å². The number of fused-ring (bicyclic) bond motifs is 1. The van der Waals surface area contributed by atoms with Crippen LogP contribution < -0.4 is 26.8 Å². The Labute approximate surface area is 152 Å². The maximum Gasteiger partial charge on any atom is 0.345 e. The maximum absolute atomic E-state index is 4.11. The van der Waals surface area contributed by atoms with Crippen LogP contribution in [-0.4, -0.2) is 26.0 Å². The van der Waals surface area contributed by atoms with E-state index in [1.807, 2.05) is 12.1 Å². The van der Waals surface area contributed by atoms with Crippen molar-refractivity contribution in [3.63, 3.8) is 0 Å². The number of benzene rings is 1. The molecule has 0 saturated heterocycles. The van der Waals surface area contributed by atoms with Crippen LogP contribution in [0.15, 0.2) is 53.5 Å². The number of hydrazone groups is 1. The molecule has 122 valence electrons. The normalized spacial score (nSPS) is 11.0. The third kappa shape index (κ3) is 3.08. The summed E-state index contributed by atoms with van der Waals surface area (Å²) in [5.41, 5.74) is 6.13. The molecule has 9 heteroatoms. The standard InChI is InChI=1S/C15H14N7S.BrH/c1-21-13(9-22-6-7-23-15(21)22)12-4-2-11(3-5-12)8-17-19-14-16-10-18-20-14;/h2-10H,1H3,(H2,16,18,19,20);1H/q+1;/p-1/b17-8+;. The summed E-state index contributed by atoms with van der Waals surface area (Å²) in [5.74, 6) is 0.513. The molecule has 0 radical (unpaired) electrons. The van der Waals surface area contributed by atoms with Gasteiger partial charge in [-0.05, 0) is 17.7 Å². The molecule has 0 spiro atoms. The van der Waals surface area contributed by atoms with Gasteiger partial charge in [0.1, 0.15) is 18.7 Å². The minimum atomic E-state index is 0. The first-order valence-corrected chi connectivity index (χ1v) is 7.88. The van der Waals surface area contributed by atoms with Crippen molar-refractivity contribution in [2.24, 2.45) is 12.1 Å². The number of hydrogen-bond acceptors (Lipinski definition) is 5. The first-order chi connectivity index (χ1) is 11.3. The lowest BCUT2D eigenvalue weighted by Crippen LogP contribution is -3.00. The molecular weight excluding hydrogens is 390 g/mol. The molecule has 4 rings (SSSR count). The van der Waals surface area contributed by atoms with Crippen LogP contribution >= 0.6 is 11.3 Å². The summed E-state index contributed by atoms with van der Waals surface area (Å²) in [7, 11) is 2.08. The van der Waals surface area contributed by atoms with Crippen molar-refractivity contribution in [1.82, 2.24) is 19.7 Å². The monoisotopic (exact) mass is 403 g/mol. The van der Waals surface area contributed by atoms with E-state index in [0.29, 0.717) is 5.95 Å². The quantitative estimate of drug-likeness (QED) is 0.262. The molecule has 0 unspecified atom stereocenters. The van der Waals surface area contributed by atoms with Crippen LogP contribution in [0.3, 0.4) is 0 Å². The van der Waals surface area contributed by atoms with Crippen LogP contribution in [0.4, 0.5) is 5.95 Å². The summed E-state index contributed by atoms with van der Waals surface area (Å²) in [6.45, 7) is 0. The Kier molecular flexibility index (Phi) is 4.72. The Morgan fingerprint density at radius 3 is 2.88 bits per heavy atom. The lowest BCUT2D eigenvalue weighted by Gasteiger charge is -1.98. The highest BCUT2D eigenvalue weighted by atomic mass is 79.9. The van der Waals surface area contributed by atoms with Gasteiger partial charge in [-0.3, -0.25) is 0 Å². The highest BCUT2D eigenvalue weighted by Gasteiger charge is 2.16. The number of imidazole rings is 1. The number of aromatic amines is 1. The van der Waals surface area contributed by atoms with Gasteiger partial charge in [-0.1, -0.05) is 23.5 Å². The number of aromatic nitrogens is 5. The van der Waals surface area contributed by atoms with E-state index in [0.717, 1.165) is 5.56 Å². The number of H-pyrrole nitrogens is 1. The molecule has 0 aliphatic rings. The van der Waals surface area contributed by atoms with Gasteiger partial charge in [0.25, 0.3) is 0 Å². The Balaban J connectivity index is 0.00000169. The Morgan fingerprint density at radius 1 is 1.33 bits per heavy atom. The Bertz CT molecular complexity index is 954. The SMILES string of the molecule is Cn1c(-c2ccc(/C=N/Nc3ncn[nH]3)cc2)c[n+]2ccsc12.[Br-]. The molecule has 3 aromatic heterocycles. The third-order valence-electron chi connectivity index (χ3n) is 3.53. The highest BCUT2D eigenvalue weighted by Crippen LogP contribution is 2.21. The minimum Gasteiger partial charge on any atom is -1.00 e. The molecule has 3 heterocycles. The molecule has 0 amide bonds. The molecule has 0 aliphatic carbocycles. The highest BCUT2D eigenvalue weighted by molar-refractivity contribution is 7.14. The van der Waals surface area contributed by atoms with E-state index in [1.165, 1.54) is 22.5 Å². The van der Waals surface area contributed by atoms with Crippen LogP contribution in [0.25, 0.3) is 16.2 Å². The summed E-state index contributed by atoms with van der Waals surface area (Å²) >= 11 is 1.72. The smallest absolute Gasteiger partial charge is 0.345 e. The molecule has 0 saturated carbocycles. The van der Waals surface area contributed by atoms with Gasteiger partial charge in [-0.15, -0.1) is 0 Å².